The third kappa shape index (κ3) is 3.13. The summed E-state index contributed by atoms with van der Waals surface area (Å²) in [5.74, 6) is 2.96. The average molecular weight is 405 g/mol. The minimum atomic E-state index is -0.400. The summed E-state index contributed by atoms with van der Waals surface area (Å²) in [6.07, 6.45) is 7.81. The van der Waals surface area contributed by atoms with Crippen molar-refractivity contribution in [3.05, 3.63) is 64.7 Å². The molecule has 4 bridgehead atoms. The number of ether oxygens (including phenoxy) is 2. The van der Waals surface area contributed by atoms with Gasteiger partial charge in [-0.15, -0.1) is 0 Å². The molecule has 0 aliphatic heterocycles. The zero-order valence-electron chi connectivity index (χ0n) is 17.6. The van der Waals surface area contributed by atoms with Gasteiger partial charge < -0.3 is 9.47 Å². The molecule has 4 aliphatic carbocycles. The number of carbonyl (C=O) groups is 2. The maximum Gasteiger partial charge on any atom is 0.337 e. The molecule has 0 amide bonds. The lowest BCUT2D eigenvalue weighted by atomic mass is 9.48. The smallest absolute Gasteiger partial charge is 0.337 e. The van der Waals surface area contributed by atoms with Crippen molar-refractivity contribution in [3.63, 3.8) is 0 Å². The molecule has 30 heavy (non-hydrogen) atoms. The van der Waals surface area contributed by atoms with E-state index in [9.17, 15) is 9.59 Å². The summed E-state index contributed by atoms with van der Waals surface area (Å²) in [5, 5.41) is 0. The molecule has 156 valence electrons. The molecule has 4 nitrogen and oxygen atoms in total. The summed E-state index contributed by atoms with van der Waals surface area (Å²) in [6.45, 7) is 0. The molecular weight excluding hydrogens is 376 g/mol. The van der Waals surface area contributed by atoms with Crippen molar-refractivity contribution in [2.75, 3.05) is 14.2 Å². The molecule has 4 fully saturated rings. The number of carbonyl (C=O) groups excluding carboxylic acids is 2. The highest BCUT2D eigenvalue weighted by Crippen LogP contribution is 2.61. The molecule has 4 heteroatoms. The van der Waals surface area contributed by atoms with E-state index in [0.29, 0.717) is 16.7 Å². The van der Waals surface area contributed by atoms with Gasteiger partial charge in [0.15, 0.2) is 5.78 Å². The van der Waals surface area contributed by atoms with Crippen LogP contribution in [0.5, 0.6) is 5.75 Å². The second-order valence-electron chi connectivity index (χ2n) is 9.51. The molecule has 4 aliphatic rings. The number of esters is 1. The van der Waals surface area contributed by atoms with Crippen molar-refractivity contribution in [3.8, 4) is 5.75 Å². The van der Waals surface area contributed by atoms with Crippen LogP contribution in [0.1, 0.15) is 70.4 Å². The summed E-state index contributed by atoms with van der Waals surface area (Å²) in [7, 11) is 3.08. The van der Waals surface area contributed by atoms with E-state index in [2.05, 4.69) is 6.07 Å². The highest BCUT2D eigenvalue weighted by Gasteiger charge is 2.52. The van der Waals surface area contributed by atoms with Gasteiger partial charge in [-0.3, -0.25) is 4.79 Å². The minimum absolute atomic E-state index is 0.0277. The summed E-state index contributed by atoms with van der Waals surface area (Å²) in [4.78, 5) is 24.9. The Balaban J connectivity index is 1.49. The summed E-state index contributed by atoms with van der Waals surface area (Å²) < 4.78 is 10.5. The predicted octanol–water partition coefficient (Wildman–Crippen LogP) is 5.18. The van der Waals surface area contributed by atoms with Gasteiger partial charge >= 0.3 is 5.97 Å². The van der Waals surface area contributed by atoms with Crippen molar-refractivity contribution in [1.82, 2.24) is 0 Å². The van der Waals surface area contributed by atoms with Crippen molar-refractivity contribution >= 4 is 11.8 Å². The number of ketones is 1. The van der Waals surface area contributed by atoms with E-state index >= 15 is 0 Å². The molecular formula is C26H28O4. The third-order valence-corrected chi connectivity index (χ3v) is 7.64. The minimum Gasteiger partial charge on any atom is -0.496 e. The van der Waals surface area contributed by atoms with Gasteiger partial charge in [-0.2, -0.15) is 0 Å². The van der Waals surface area contributed by atoms with Crippen LogP contribution in [-0.4, -0.2) is 26.0 Å². The van der Waals surface area contributed by atoms with E-state index in [0.717, 1.165) is 23.5 Å². The van der Waals surface area contributed by atoms with Gasteiger partial charge in [-0.1, -0.05) is 12.1 Å². The molecule has 2 aromatic carbocycles. The van der Waals surface area contributed by atoms with Gasteiger partial charge in [0, 0.05) is 16.7 Å². The predicted molar refractivity (Wildman–Crippen MR) is 114 cm³/mol. The van der Waals surface area contributed by atoms with Crippen LogP contribution in [0.4, 0.5) is 0 Å². The van der Waals surface area contributed by atoms with Crippen LogP contribution >= 0.6 is 0 Å². The molecule has 2 aromatic rings. The van der Waals surface area contributed by atoms with Crippen molar-refractivity contribution in [2.45, 2.75) is 43.9 Å². The Hall–Kier alpha value is -2.62. The van der Waals surface area contributed by atoms with E-state index in [-0.39, 0.29) is 11.2 Å². The fraction of sp³-hybridized carbons (Fsp3) is 0.462. The number of benzene rings is 2. The van der Waals surface area contributed by atoms with Crippen LogP contribution in [0, 0.1) is 17.8 Å². The number of methoxy groups -OCH3 is 2. The van der Waals surface area contributed by atoms with E-state index in [1.807, 2.05) is 12.1 Å². The van der Waals surface area contributed by atoms with Crippen LogP contribution in [0.15, 0.2) is 42.5 Å². The van der Waals surface area contributed by atoms with Gasteiger partial charge in [-0.05, 0) is 92.0 Å². The Labute approximate surface area is 177 Å². The summed E-state index contributed by atoms with van der Waals surface area (Å²) in [6, 6.07) is 12.6. The summed E-state index contributed by atoms with van der Waals surface area (Å²) in [5.41, 5.74) is 3.08. The van der Waals surface area contributed by atoms with Crippen molar-refractivity contribution in [1.29, 1.82) is 0 Å². The lowest BCUT2D eigenvalue weighted by Gasteiger charge is -2.57. The Bertz CT molecular complexity index is 953. The number of hydrogen-bond donors (Lipinski definition) is 0. The Morgan fingerprint density at radius 1 is 0.800 bits per heavy atom. The van der Waals surface area contributed by atoms with Gasteiger partial charge in [-0.25, -0.2) is 4.79 Å². The van der Waals surface area contributed by atoms with E-state index in [1.54, 1.807) is 31.4 Å². The van der Waals surface area contributed by atoms with Gasteiger partial charge in [0.2, 0.25) is 0 Å². The highest BCUT2D eigenvalue weighted by atomic mass is 16.5. The zero-order chi connectivity index (χ0) is 20.9. The van der Waals surface area contributed by atoms with E-state index in [4.69, 9.17) is 9.47 Å². The Kier molecular flexibility index (Phi) is 4.68. The lowest BCUT2D eigenvalue weighted by molar-refractivity contribution is -0.00617. The molecule has 0 saturated heterocycles. The SMILES string of the molecule is COC(=O)c1ccc(C(=O)c2ccc(OC)c(C34CC5CC(CC(C5)C3)C4)c2)cc1. The zero-order valence-corrected chi connectivity index (χ0v) is 17.6. The van der Waals surface area contributed by atoms with Gasteiger partial charge in [0.05, 0.1) is 19.8 Å². The molecule has 6 rings (SSSR count). The average Bonchev–Trinajstić information content (AvgIpc) is 2.77. The molecule has 0 radical (unpaired) electrons. The monoisotopic (exact) mass is 404 g/mol. The largest absolute Gasteiger partial charge is 0.496 e. The first-order valence-corrected chi connectivity index (χ1v) is 10.9. The Morgan fingerprint density at radius 2 is 1.33 bits per heavy atom. The van der Waals surface area contributed by atoms with Crippen LogP contribution in [0.3, 0.4) is 0 Å². The van der Waals surface area contributed by atoms with Crippen LogP contribution in [-0.2, 0) is 10.2 Å². The molecule has 4 saturated carbocycles. The van der Waals surface area contributed by atoms with Crippen LogP contribution in [0.2, 0.25) is 0 Å². The molecule has 0 aromatic heterocycles. The number of hydrogen-bond acceptors (Lipinski definition) is 4. The second-order valence-corrected chi connectivity index (χ2v) is 9.51. The van der Waals surface area contributed by atoms with E-state index < -0.39 is 5.97 Å². The van der Waals surface area contributed by atoms with E-state index in [1.165, 1.54) is 51.2 Å². The van der Waals surface area contributed by atoms with Crippen LogP contribution in [0.25, 0.3) is 0 Å². The lowest BCUT2D eigenvalue weighted by Crippen LogP contribution is -2.48. The van der Waals surface area contributed by atoms with Crippen LogP contribution < -0.4 is 4.74 Å². The molecule has 0 atom stereocenters. The maximum atomic E-state index is 13.2. The van der Waals surface area contributed by atoms with Crippen molar-refractivity contribution in [2.24, 2.45) is 17.8 Å². The second kappa shape index (κ2) is 7.26. The topological polar surface area (TPSA) is 52.6 Å². The first kappa shape index (κ1) is 19.3. The molecule has 0 N–H and O–H groups in total. The van der Waals surface area contributed by atoms with Crippen molar-refractivity contribution < 1.29 is 19.1 Å². The number of rotatable bonds is 5. The normalized spacial score (nSPS) is 28.9. The fourth-order valence-corrected chi connectivity index (χ4v) is 6.75. The first-order valence-electron chi connectivity index (χ1n) is 10.9. The first-order chi connectivity index (χ1) is 14.5. The molecule has 0 heterocycles. The third-order valence-electron chi connectivity index (χ3n) is 7.64. The fourth-order valence-electron chi connectivity index (χ4n) is 6.75. The Morgan fingerprint density at radius 3 is 1.87 bits per heavy atom. The quantitative estimate of drug-likeness (QED) is 0.509. The standard InChI is InChI=1S/C26H28O4/c1-29-23-8-7-21(24(27)19-3-5-20(6-4-19)25(28)30-2)12-22(23)26-13-16-9-17(14-26)11-18(10-16)15-26/h3-8,12,16-18H,9-11,13-15H2,1-2H3. The molecule has 0 spiro atoms. The van der Waals surface area contributed by atoms with Gasteiger partial charge in [0.1, 0.15) is 5.75 Å². The maximum absolute atomic E-state index is 13.2. The van der Waals surface area contributed by atoms with Gasteiger partial charge in [0.25, 0.3) is 0 Å². The summed E-state index contributed by atoms with van der Waals surface area (Å²) >= 11 is 0. The molecule has 0 unspecified atom stereocenters. The highest BCUT2D eigenvalue weighted by molar-refractivity contribution is 6.09.